The molecule has 0 unspecified atom stereocenters. The molecule has 3 saturated carbocycles. The van der Waals surface area contributed by atoms with Crippen molar-refractivity contribution in [3.8, 4) is 23.0 Å². The first-order valence-electron chi connectivity index (χ1n) is 20.8. The molecule has 0 radical (unpaired) electrons. The van der Waals surface area contributed by atoms with Gasteiger partial charge in [0.25, 0.3) is 0 Å². The van der Waals surface area contributed by atoms with E-state index in [2.05, 4.69) is 40.7 Å². The Morgan fingerprint density at radius 3 is 2.56 bits per heavy atom. The molecule has 7 nitrogen and oxygen atoms in total. The lowest BCUT2D eigenvalue weighted by molar-refractivity contribution is -0.154. The van der Waals surface area contributed by atoms with Crippen LogP contribution in [0.25, 0.3) is 11.0 Å². The van der Waals surface area contributed by atoms with Crippen molar-refractivity contribution in [1.29, 1.82) is 0 Å². The average Bonchev–Trinajstić information content (AvgIpc) is 3.15. The number of methoxy groups -OCH3 is 1. The van der Waals surface area contributed by atoms with Gasteiger partial charge in [-0.15, -0.1) is 0 Å². The van der Waals surface area contributed by atoms with Crippen LogP contribution in [0.2, 0.25) is 0 Å². The molecule has 292 valence electrons. The summed E-state index contributed by atoms with van der Waals surface area (Å²) in [6.45, 7) is 13.9. The van der Waals surface area contributed by atoms with Gasteiger partial charge in [0.05, 0.1) is 12.5 Å². The summed E-state index contributed by atoms with van der Waals surface area (Å²) in [4.78, 5) is 26.4. The number of aryl methyl sites for hydroxylation is 1. The van der Waals surface area contributed by atoms with Gasteiger partial charge in [-0.2, -0.15) is 0 Å². The van der Waals surface area contributed by atoms with E-state index in [4.69, 9.17) is 23.4 Å². The van der Waals surface area contributed by atoms with Crippen LogP contribution >= 0.6 is 0 Å². The number of hydrogen-bond donors (Lipinski definition) is 0. The fourth-order valence-corrected chi connectivity index (χ4v) is 11.2. The standard InChI is InChI=1S/C47H62O7/c1-29(2)10-8-11-30(3)32-14-19-40-38-17-15-33-24-37(20-23-47(33,6)41(38)21-22-46(40,5)27-32)53-43(48)28-51-35-16-18-39-42(26-35)52-31(4)45(44(39)49)54-36-13-9-12-34(25-36)50-7/h9,12-13,15-16,18,25-26,29-30,32,37-38,40-41H,8,10-11,14,17,19-24,27-28H2,1-7H3/t30-,32+,37-,38+,40-,41+,46-,47+/m1/s1. The lowest BCUT2D eigenvalue weighted by Gasteiger charge is -2.61. The number of rotatable bonds is 12. The first kappa shape index (κ1) is 38.5. The number of fused-ring (bicyclic) bond motifs is 6. The highest BCUT2D eigenvalue weighted by molar-refractivity contribution is 5.80. The third-order valence-electron chi connectivity index (χ3n) is 14.3. The van der Waals surface area contributed by atoms with Crippen LogP contribution in [0.3, 0.4) is 0 Å². The molecule has 8 atom stereocenters. The van der Waals surface area contributed by atoms with Gasteiger partial charge in [0.15, 0.2) is 6.61 Å². The number of esters is 1. The minimum absolute atomic E-state index is 0.113. The Morgan fingerprint density at radius 1 is 0.944 bits per heavy atom. The Labute approximate surface area is 322 Å². The Hall–Kier alpha value is -3.74. The highest BCUT2D eigenvalue weighted by atomic mass is 16.6. The number of ether oxygens (including phenoxy) is 4. The van der Waals surface area contributed by atoms with E-state index in [1.165, 1.54) is 63.4 Å². The molecule has 0 aliphatic heterocycles. The molecular formula is C47H62O7. The van der Waals surface area contributed by atoms with Crippen LogP contribution in [-0.4, -0.2) is 25.8 Å². The molecule has 0 amide bonds. The van der Waals surface area contributed by atoms with Gasteiger partial charge in [-0.25, -0.2) is 4.79 Å². The lowest BCUT2D eigenvalue weighted by atomic mass is 9.44. The van der Waals surface area contributed by atoms with Gasteiger partial charge in [-0.3, -0.25) is 4.79 Å². The zero-order valence-electron chi connectivity index (χ0n) is 33.7. The smallest absolute Gasteiger partial charge is 0.344 e. The van der Waals surface area contributed by atoms with Crippen molar-refractivity contribution in [2.45, 2.75) is 125 Å². The van der Waals surface area contributed by atoms with E-state index in [0.717, 1.165) is 54.8 Å². The molecule has 1 heterocycles. The first-order valence-corrected chi connectivity index (χ1v) is 20.8. The Balaban J connectivity index is 0.933. The number of carbonyl (C=O) groups is 1. The maximum Gasteiger partial charge on any atom is 0.344 e. The molecule has 0 N–H and O–H groups in total. The van der Waals surface area contributed by atoms with E-state index in [-0.39, 0.29) is 35.3 Å². The van der Waals surface area contributed by atoms with Crippen molar-refractivity contribution in [2.24, 2.45) is 46.3 Å². The molecule has 0 bridgehead atoms. The maximum atomic E-state index is 13.3. The van der Waals surface area contributed by atoms with Crippen molar-refractivity contribution in [2.75, 3.05) is 13.7 Å². The van der Waals surface area contributed by atoms with Gasteiger partial charge >= 0.3 is 5.97 Å². The maximum absolute atomic E-state index is 13.3. The molecule has 3 aromatic rings. The predicted molar refractivity (Wildman–Crippen MR) is 213 cm³/mol. The van der Waals surface area contributed by atoms with Gasteiger partial charge in [-0.05, 0) is 129 Å². The van der Waals surface area contributed by atoms with Crippen molar-refractivity contribution in [3.63, 3.8) is 0 Å². The summed E-state index contributed by atoms with van der Waals surface area (Å²) in [5.41, 5.74) is 2.27. The van der Waals surface area contributed by atoms with Crippen LogP contribution in [0, 0.1) is 53.3 Å². The van der Waals surface area contributed by atoms with Crippen LogP contribution in [0.1, 0.15) is 117 Å². The molecule has 54 heavy (non-hydrogen) atoms. The zero-order chi connectivity index (χ0) is 38.2. The van der Waals surface area contributed by atoms with Crippen molar-refractivity contribution in [1.82, 2.24) is 0 Å². The van der Waals surface area contributed by atoms with E-state index in [1.807, 2.05) is 0 Å². The second kappa shape index (κ2) is 15.8. The largest absolute Gasteiger partial charge is 0.497 e. The summed E-state index contributed by atoms with van der Waals surface area (Å²) in [5.74, 6) is 6.50. The Bertz CT molecular complexity index is 1910. The quantitative estimate of drug-likeness (QED) is 0.135. The summed E-state index contributed by atoms with van der Waals surface area (Å²) in [7, 11) is 1.58. The Kier molecular flexibility index (Phi) is 11.3. The normalized spacial score (nSPS) is 29.7. The first-order chi connectivity index (χ1) is 25.9. The van der Waals surface area contributed by atoms with E-state index >= 15 is 0 Å². The van der Waals surface area contributed by atoms with E-state index in [9.17, 15) is 9.59 Å². The van der Waals surface area contributed by atoms with Crippen LogP contribution in [0.15, 0.2) is 63.3 Å². The number of hydrogen-bond acceptors (Lipinski definition) is 7. The van der Waals surface area contributed by atoms with Crippen molar-refractivity contribution < 1.29 is 28.2 Å². The monoisotopic (exact) mass is 738 g/mol. The number of carbonyl (C=O) groups excluding carboxylic acids is 1. The predicted octanol–water partition coefficient (Wildman–Crippen LogP) is 11.6. The van der Waals surface area contributed by atoms with Gasteiger partial charge in [-0.1, -0.05) is 71.6 Å². The fraction of sp³-hybridized carbons (Fsp3) is 0.617. The molecule has 0 saturated heterocycles. The summed E-state index contributed by atoms with van der Waals surface area (Å²) in [6, 6.07) is 12.0. The topological polar surface area (TPSA) is 84.2 Å². The van der Waals surface area contributed by atoms with Crippen LogP contribution in [0.5, 0.6) is 23.0 Å². The third-order valence-corrected chi connectivity index (χ3v) is 14.3. The zero-order valence-corrected chi connectivity index (χ0v) is 33.7. The number of allylic oxidation sites excluding steroid dienone is 1. The SMILES string of the molecule is COc1cccc(Oc2c(C)oc3cc(OCC(=O)O[C@@H]4CC[C@@]5(C)C(=CC[C@H]6[C@H]7CC[C@H]([C@H](C)CCCC(C)C)C[C@@]7(C)CC[C@@H]65)C4)ccc3c2=O)c1. The van der Waals surface area contributed by atoms with E-state index in [1.54, 1.807) is 56.5 Å². The summed E-state index contributed by atoms with van der Waals surface area (Å²) < 4.78 is 29.0. The Morgan fingerprint density at radius 2 is 1.76 bits per heavy atom. The molecule has 2 aromatic carbocycles. The summed E-state index contributed by atoms with van der Waals surface area (Å²) in [6.07, 6.45) is 17.5. The molecule has 4 aliphatic carbocycles. The highest BCUT2D eigenvalue weighted by Gasteiger charge is 2.56. The molecule has 7 rings (SSSR count). The third kappa shape index (κ3) is 7.84. The van der Waals surface area contributed by atoms with Crippen LogP contribution in [0.4, 0.5) is 0 Å². The summed E-state index contributed by atoms with van der Waals surface area (Å²) >= 11 is 0. The second-order valence-electron chi connectivity index (χ2n) is 18.2. The molecular weight excluding hydrogens is 677 g/mol. The highest BCUT2D eigenvalue weighted by Crippen LogP contribution is 2.65. The van der Waals surface area contributed by atoms with Gasteiger partial charge in [0, 0.05) is 18.6 Å². The molecule has 7 heteroatoms. The van der Waals surface area contributed by atoms with Crippen molar-refractivity contribution >= 4 is 16.9 Å². The van der Waals surface area contributed by atoms with Crippen LogP contribution in [-0.2, 0) is 9.53 Å². The summed E-state index contributed by atoms with van der Waals surface area (Å²) in [5, 5.41) is 0.360. The van der Waals surface area contributed by atoms with Crippen molar-refractivity contribution in [3.05, 3.63) is 70.1 Å². The van der Waals surface area contributed by atoms with Gasteiger partial charge in [0.2, 0.25) is 11.2 Å². The fourth-order valence-electron chi connectivity index (χ4n) is 11.2. The molecule has 4 aliphatic rings. The second-order valence-corrected chi connectivity index (χ2v) is 18.2. The molecule has 0 spiro atoms. The molecule has 3 fully saturated rings. The van der Waals surface area contributed by atoms with Gasteiger partial charge in [0.1, 0.15) is 34.7 Å². The average molecular weight is 739 g/mol. The van der Waals surface area contributed by atoms with Gasteiger partial charge < -0.3 is 23.4 Å². The van der Waals surface area contributed by atoms with E-state index < -0.39 is 0 Å². The minimum Gasteiger partial charge on any atom is -0.497 e. The number of benzene rings is 2. The molecule has 1 aromatic heterocycles. The van der Waals surface area contributed by atoms with E-state index in [0.29, 0.717) is 39.4 Å². The lowest BCUT2D eigenvalue weighted by Crippen LogP contribution is -2.52. The minimum atomic E-state index is -0.374. The van der Waals surface area contributed by atoms with Crippen LogP contribution < -0.4 is 19.6 Å².